The van der Waals surface area contributed by atoms with Crippen LogP contribution >= 0.6 is 7.82 Å². The molecule has 14 heteroatoms. The number of rotatable bonds is 11. The Morgan fingerprint density at radius 2 is 2.00 bits per heavy atom. The maximum absolute atomic E-state index is 12.9. The van der Waals surface area contributed by atoms with E-state index in [0.717, 1.165) is 12.8 Å². The average Bonchev–Trinajstić information content (AvgIpc) is 3.40. The molecule has 1 saturated carbocycles. The minimum atomic E-state index is -4.71. The highest BCUT2D eigenvalue weighted by Crippen LogP contribution is 2.46. The number of benzene rings is 1. The molecule has 2 aromatic heterocycles. The van der Waals surface area contributed by atoms with Gasteiger partial charge in [0, 0.05) is 12.0 Å². The van der Waals surface area contributed by atoms with Crippen LogP contribution in [0.4, 0.5) is 17.5 Å². The van der Waals surface area contributed by atoms with Crippen LogP contribution in [0.25, 0.3) is 11.2 Å². The van der Waals surface area contributed by atoms with Crippen molar-refractivity contribution < 1.29 is 28.1 Å². The first-order valence-corrected chi connectivity index (χ1v) is 14.1. The number of nitrogens with zero attached hydrogens (tertiary/aromatic N) is 5. The summed E-state index contributed by atoms with van der Waals surface area (Å²) in [5.74, 6) is -0.412. The van der Waals surface area contributed by atoms with Crippen molar-refractivity contribution in [2.24, 2.45) is 5.92 Å². The zero-order chi connectivity index (χ0) is 27.8. The summed E-state index contributed by atoms with van der Waals surface area (Å²) >= 11 is 0. The lowest BCUT2D eigenvalue weighted by atomic mass is 10.1. The molecule has 1 aromatic carbocycles. The normalized spacial score (nSPS) is 20.6. The molecule has 0 radical (unpaired) electrons. The highest BCUT2D eigenvalue weighted by molar-refractivity contribution is 7.48. The van der Waals surface area contributed by atoms with Crippen LogP contribution in [0.3, 0.4) is 0 Å². The monoisotopic (exact) mass is 557 g/mol. The van der Waals surface area contributed by atoms with E-state index in [0.29, 0.717) is 35.1 Å². The number of phosphoric ester groups is 1. The third-order valence-corrected chi connectivity index (χ3v) is 7.57. The van der Waals surface area contributed by atoms with Gasteiger partial charge in [-0.05, 0) is 45.2 Å². The molecule has 1 fully saturated rings. The molecular weight excluding hydrogens is 525 g/mol. The minimum absolute atomic E-state index is 0.118. The lowest BCUT2D eigenvalue weighted by Gasteiger charge is -2.35. The zero-order valence-electron chi connectivity index (χ0n) is 21.9. The third kappa shape index (κ3) is 5.91. The molecule has 208 valence electrons. The Morgan fingerprint density at radius 1 is 1.26 bits per heavy atom. The number of hydrogen-bond donors (Lipinski definition) is 3. The molecule has 0 spiro atoms. The number of aromatic nitrogens is 4. The second kappa shape index (κ2) is 10.6. The number of nitrogen functional groups attached to an aromatic ring is 1. The van der Waals surface area contributed by atoms with E-state index < -0.39 is 19.3 Å². The molecule has 13 nitrogen and oxygen atoms in total. The van der Waals surface area contributed by atoms with Crippen molar-refractivity contribution in [3.8, 4) is 0 Å². The van der Waals surface area contributed by atoms with Gasteiger partial charge in [-0.3, -0.25) is 14.3 Å². The zero-order valence-corrected chi connectivity index (χ0v) is 22.8. The van der Waals surface area contributed by atoms with Gasteiger partial charge in [0.25, 0.3) is 0 Å². The Kier molecular flexibility index (Phi) is 7.34. The molecule has 3 atom stereocenters. The Hall–Kier alpha value is -3.51. The van der Waals surface area contributed by atoms with E-state index in [9.17, 15) is 14.3 Å². The van der Waals surface area contributed by atoms with Gasteiger partial charge in [0.2, 0.25) is 5.95 Å². The van der Waals surface area contributed by atoms with Crippen molar-refractivity contribution in [1.29, 1.82) is 0 Å². The summed E-state index contributed by atoms with van der Waals surface area (Å²) in [5, 5.41) is 4.64. The first-order chi connectivity index (χ1) is 18.6. The molecule has 2 aliphatic rings. The van der Waals surface area contributed by atoms with Crippen molar-refractivity contribution in [2.75, 3.05) is 29.8 Å². The molecule has 0 saturated heterocycles. The highest BCUT2D eigenvalue weighted by atomic mass is 31.2. The van der Waals surface area contributed by atoms with Crippen molar-refractivity contribution in [2.45, 2.75) is 50.7 Å². The number of anilines is 3. The number of imidazole rings is 1. The van der Waals surface area contributed by atoms with E-state index in [-0.39, 0.29) is 24.5 Å². The fourth-order valence-electron chi connectivity index (χ4n) is 4.52. The van der Waals surface area contributed by atoms with E-state index in [1.807, 2.05) is 22.8 Å². The summed E-state index contributed by atoms with van der Waals surface area (Å²) in [6, 6.07) is 9.13. The lowest BCUT2D eigenvalue weighted by molar-refractivity contribution is -0.144. The van der Waals surface area contributed by atoms with Crippen molar-refractivity contribution in [3.63, 3.8) is 0 Å². The first-order valence-electron chi connectivity index (χ1n) is 12.6. The number of hydroxylamine groups is 1. The lowest BCUT2D eigenvalue weighted by Crippen LogP contribution is -2.50. The number of nitrogens with one attached hydrogen (secondary N) is 1. The van der Waals surface area contributed by atoms with Gasteiger partial charge in [-0.1, -0.05) is 30.4 Å². The largest absolute Gasteiger partial charge is 0.529 e. The molecule has 1 unspecified atom stereocenters. The number of carbonyl (C=O) groups excluding carboxylic acids is 1. The van der Waals surface area contributed by atoms with Crippen LogP contribution in [0.2, 0.25) is 0 Å². The van der Waals surface area contributed by atoms with Crippen LogP contribution in [-0.4, -0.2) is 55.7 Å². The van der Waals surface area contributed by atoms with Crippen LogP contribution in [0, 0.1) is 5.92 Å². The third-order valence-electron chi connectivity index (χ3n) is 6.69. The first kappa shape index (κ1) is 27.1. The fourth-order valence-corrected chi connectivity index (χ4v) is 5.38. The Labute approximate surface area is 225 Å². The molecule has 5 rings (SSSR count). The van der Waals surface area contributed by atoms with Crippen molar-refractivity contribution in [3.05, 3.63) is 48.8 Å². The van der Waals surface area contributed by atoms with E-state index in [4.69, 9.17) is 19.6 Å². The van der Waals surface area contributed by atoms with Crippen LogP contribution in [0.1, 0.15) is 39.2 Å². The molecule has 0 bridgehead atoms. The van der Waals surface area contributed by atoms with Gasteiger partial charge in [0.05, 0.1) is 31.8 Å². The highest BCUT2D eigenvalue weighted by Gasteiger charge is 2.42. The predicted molar refractivity (Wildman–Crippen MR) is 145 cm³/mol. The topological polar surface area (TPSA) is 167 Å². The number of nitrogens with two attached hydrogens (primary N) is 1. The van der Waals surface area contributed by atoms with Gasteiger partial charge in [-0.2, -0.15) is 9.97 Å². The van der Waals surface area contributed by atoms with Gasteiger partial charge in [-0.25, -0.2) is 19.4 Å². The summed E-state index contributed by atoms with van der Waals surface area (Å²) in [6.07, 6.45) is 8.25. The SMILES string of the molecule is CON(c1ccccc1)C(C)(C)C(=O)OP(=O)(O)OC[C@@H]1C=C[C@H](n2cnc3c(NC4CC4)nc(N)nc32)C1. The molecular formula is C25H32N7O6P. The quantitative estimate of drug-likeness (QED) is 0.178. The van der Waals surface area contributed by atoms with E-state index in [1.54, 1.807) is 30.6 Å². The number of fused-ring (bicyclic) bond motifs is 1. The standard InChI is InChI=1S/C25H32N7O6P/c1-25(2,32(36-3)18-7-5-4-6-8-18)23(33)38-39(34,35)37-14-16-9-12-19(13-16)31-15-27-20-21(28-17-10-11-17)29-24(26)30-22(20)31/h4-9,12,15-17,19H,10-11,13-14H2,1-3H3,(H,34,35)(H3,26,28,29,30)/t16-,19+/m1/s1. The van der Waals surface area contributed by atoms with Crippen molar-refractivity contribution >= 4 is 42.4 Å². The summed E-state index contributed by atoms with van der Waals surface area (Å²) in [6.45, 7) is 2.92. The number of carbonyl (C=O) groups is 1. The molecule has 3 aromatic rings. The second-order valence-electron chi connectivity index (χ2n) is 10.1. The van der Waals surface area contributed by atoms with E-state index in [1.165, 1.54) is 26.0 Å². The Morgan fingerprint density at radius 3 is 2.69 bits per heavy atom. The van der Waals surface area contributed by atoms with Gasteiger partial charge in [0.15, 0.2) is 22.5 Å². The Balaban J connectivity index is 1.20. The maximum Gasteiger partial charge on any atom is 0.529 e. The minimum Gasteiger partial charge on any atom is -0.369 e. The van der Waals surface area contributed by atoms with Gasteiger partial charge >= 0.3 is 13.8 Å². The molecule has 2 heterocycles. The molecule has 0 aliphatic heterocycles. The molecule has 0 amide bonds. The number of hydrogen-bond acceptors (Lipinski definition) is 11. The summed E-state index contributed by atoms with van der Waals surface area (Å²) in [5.41, 5.74) is 6.35. The maximum atomic E-state index is 12.9. The average molecular weight is 558 g/mol. The molecule has 39 heavy (non-hydrogen) atoms. The summed E-state index contributed by atoms with van der Waals surface area (Å²) in [7, 11) is -3.31. The van der Waals surface area contributed by atoms with Crippen LogP contribution in [0.15, 0.2) is 48.8 Å². The van der Waals surface area contributed by atoms with Crippen molar-refractivity contribution in [1.82, 2.24) is 19.5 Å². The predicted octanol–water partition coefficient (Wildman–Crippen LogP) is 3.61. The number of allylic oxidation sites excluding steroid dienone is 1. The van der Waals surface area contributed by atoms with E-state index in [2.05, 4.69) is 20.3 Å². The fraction of sp³-hybridized carbons (Fsp3) is 0.440. The number of para-hydroxylation sites is 1. The van der Waals surface area contributed by atoms with Crippen LogP contribution in [0.5, 0.6) is 0 Å². The Bertz CT molecular complexity index is 1430. The molecule has 4 N–H and O–H groups in total. The summed E-state index contributed by atoms with van der Waals surface area (Å²) in [4.78, 5) is 41.8. The van der Waals surface area contributed by atoms with Crippen LogP contribution in [-0.2, 0) is 23.2 Å². The van der Waals surface area contributed by atoms with E-state index >= 15 is 0 Å². The van der Waals surface area contributed by atoms with Gasteiger partial charge < -0.3 is 20.1 Å². The van der Waals surface area contributed by atoms with Gasteiger partial charge in [0.1, 0.15) is 0 Å². The number of phosphoric acid groups is 1. The second-order valence-corrected chi connectivity index (χ2v) is 11.5. The van der Waals surface area contributed by atoms with Crippen LogP contribution < -0.4 is 16.1 Å². The summed E-state index contributed by atoms with van der Waals surface area (Å²) < 4.78 is 24.7. The smallest absolute Gasteiger partial charge is 0.369 e. The molecule has 2 aliphatic carbocycles. The van der Waals surface area contributed by atoms with Gasteiger partial charge in [-0.15, -0.1) is 0 Å².